The Morgan fingerprint density at radius 1 is 1.64 bits per heavy atom. The number of rotatable bonds is 3. The van der Waals surface area contributed by atoms with Crippen LogP contribution in [0.3, 0.4) is 0 Å². The van der Waals surface area contributed by atoms with E-state index in [9.17, 15) is 4.79 Å². The molecule has 0 aliphatic rings. The van der Waals surface area contributed by atoms with E-state index in [-0.39, 0.29) is 5.91 Å². The van der Waals surface area contributed by atoms with Gasteiger partial charge < -0.3 is 10.0 Å². The molecule has 4 heteroatoms. The smallest absolute Gasteiger partial charge is 0.272 e. The zero-order valence-corrected chi connectivity index (χ0v) is 8.34. The highest BCUT2D eigenvalue weighted by molar-refractivity contribution is 5.92. The highest BCUT2D eigenvalue weighted by atomic mass is 16.3. The molecule has 0 aliphatic heterocycles. The van der Waals surface area contributed by atoms with E-state index < -0.39 is 6.10 Å². The third-order valence-corrected chi connectivity index (χ3v) is 1.77. The van der Waals surface area contributed by atoms with Gasteiger partial charge in [-0.15, -0.1) is 0 Å². The van der Waals surface area contributed by atoms with Crippen LogP contribution in [-0.4, -0.2) is 40.6 Å². The molecule has 4 nitrogen and oxygen atoms in total. The predicted octanol–water partition coefficient (Wildman–Crippen LogP) is 0.534. The molecule has 14 heavy (non-hydrogen) atoms. The number of nitrogens with zero attached hydrogens (tertiary/aromatic N) is 2. The van der Waals surface area contributed by atoms with Gasteiger partial charge in [-0.25, -0.2) is 0 Å². The van der Waals surface area contributed by atoms with Gasteiger partial charge in [-0.2, -0.15) is 0 Å². The van der Waals surface area contributed by atoms with Crippen LogP contribution in [0, 0.1) is 0 Å². The lowest BCUT2D eigenvalue weighted by atomic mass is 10.3. The molecule has 0 aliphatic carbocycles. The van der Waals surface area contributed by atoms with Crippen LogP contribution in [0.25, 0.3) is 0 Å². The molecule has 76 valence electrons. The summed E-state index contributed by atoms with van der Waals surface area (Å²) in [5, 5.41) is 9.10. The van der Waals surface area contributed by atoms with Crippen LogP contribution >= 0.6 is 0 Å². The van der Waals surface area contributed by atoms with E-state index in [0.717, 1.165) is 0 Å². The van der Waals surface area contributed by atoms with Crippen molar-refractivity contribution < 1.29 is 9.90 Å². The average molecular weight is 194 g/mol. The first-order valence-electron chi connectivity index (χ1n) is 4.46. The van der Waals surface area contributed by atoms with Crippen LogP contribution in [0.1, 0.15) is 17.4 Å². The predicted molar refractivity (Wildman–Crippen MR) is 52.9 cm³/mol. The minimum Gasteiger partial charge on any atom is -0.392 e. The maximum atomic E-state index is 11.6. The second-order valence-electron chi connectivity index (χ2n) is 3.25. The number of hydrogen-bond donors (Lipinski definition) is 1. The molecule has 1 atom stereocenters. The molecule has 1 N–H and O–H groups in total. The lowest BCUT2D eigenvalue weighted by Crippen LogP contribution is -2.33. The van der Waals surface area contributed by atoms with Crippen molar-refractivity contribution >= 4 is 5.91 Å². The molecule has 0 bridgehead atoms. The van der Waals surface area contributed by atoms with E-state index in [2.05, 4.69) is 4.98 Å². The molecule has 1 unspecified atom stereocenters. The number of amides is 1. The number of aliphatic hydroxyl groups excluding tert-OH is 1. The van der Waals surface area contributed by atoms with Gasteiger partial charge >= 0.3 is 0 Å². The molecule has 1 rings (SSSR count). The van der Waals surface area contributed by atoms with Crippen LogP contribution in [0.5, 0.6) is 0 Å². The van der Waals surface area contributed by atoms with E-state index in [0.29, 0.717) is 12.2 Å². The fraction of sp³-hybridized carbons (Fsp3) is 0.400. The Kier molecular flexibility index (Phi) is 3.59. The first kappa shape index (κ1) is 10.7. The molecular formula is C10H14N2O2. The monoisotopic (exact) mass is 194 g/mol. The van der Waals surface area contributed by atoms with Gasteiger partial charge in [0.05, 0.1) is 6.10 Å². The van der Waals surface area contributed by atoms with E-state index >= 15 is 0 Å². The molecule has 0 aromatic carbocycles. The van der Waals surface area contributed by atoms with Gasteiger partial charge in [-0.3, -0.25) is 9.78 Å². The van der Waals surface area contributed by atoms with E-state index in [4.69, 9.17) is 5.11 Å². The van der Waals surface area contributed by atoms with Crippen molar-refractivity contribution in [3.05, 3.63) is 30.1 Å². The molecule has 1 amide bonds. The molecule has 0 spiro atoms. The van der Waals surface area contributed by atoms with Crippen LogP contribution < -0.4 is 0 Å². The van der Waals surface area contributed by atoms with Crippen molar-refractivity contribution in [1.82, 2.24) is 9.88 Å². The highest BCUT2D eigenvalue weighted by Gasteiger charge is 2.13. The van der Waals surface area contributed by atoms with Crippen molar-refractivity contribution in [3.8, 4) is 0 Å². The summed E-state index contributed by atoms with van der Waals surface area (Å²) in [5.74, 6) is -0.175. The van der Waals surface area contributed by atoms with Crippen molar-refractivity contribution in [1.29, 1.82) is 0 Å². The van der Waals surface area contributed by atoms with Crippen molar-refractivity contribution in [3.63, 3.8) is 0 Å². The fourth-order valence-corrected chi connectivity index (χ4v) is 1.16. The summed E-state index contributed by atoms with van der Waals surface area (Å²) in [6.07, 6.45) is 1.05. The third kappa shape index (κ3) is 2.81. The molecular weight excluding hydrogens is 180 g/mol. The zero-order valence-electron chi connectivity index (χ0n) is 8.34. The summed E-state index contributed by atoms with van der Waals surface area (Å²) in [6.45, 7) is 1.96. The molecule has 0 radical (unpaired) electrons. The summed E-state index contributed by atoms with van der Waals surface area (Å²) in [7, 11) is 1.64. The standard InChI is InChI=1S/C10H14N2O2/c1-8(13)7-12(2)10(14)9-5-3-4-6-11-9/h3-6,8,13H,7H2,1-2H3. The van der Waals surface area contributed by atoms with Crippen LogP contribution in [0.15, 0.2) is 24.4 Å². The van der Waals surface area contributed by atoms with Crippen molar-refractivity contribution in [2.45, 2.75) is 13.0 Å². The summed E-state index contributed by atoms with van der Waals surface area (Å²) in [4.78, 5) is 17.0. The van der Waals surface area contributed by atoms with Gasteiger partial charge in [-0.1, -0.05) is 6.07 Å². The number of hydrogen-bond acceptors (Lipinski definition) is 3. The number of aliphatic hydroxyl groups is 1. The van der Waals surface area contributed by atoms with E-state index in [1.54, 1.807) is 38.4 Å². The van der Waals surface area contributed by atoms with Crippen molar-refractivity contribution in [2.24, 2.45) is 0 Å². The minimum atomic E-state index is -0.521. The van der Waals surface area contributed by atoms with Crippen LogP contribution in [0.4, 0.5) is 0 Å². The molecule has 1 heterocycles. The van der Waals surface area contributed by atoms with Gasteiger partial charge in [-0.05, 0) is 19.1 Å². The van der Waals surface area contributed by atoms with Gasteiger partial charge in [0.25, 0.3) is 5.91 Å². The Bertz CT molecular complexity index is 298. The van der Waals surface area contributed by atoms with Gasteiger partial charge in [0.15, 0.2) is 0 Å². The Morgan fingerprint density at radius 2 is 2.36 bits per heavy atom. The Morgan fingerprint density at radius 3 is 2.86 bits per heavy atom. The number of carbonyl (C=O) groups excluding carboxylic acids is 1. The average Bonchev–Trinajstić information content (AvgIpc) is 2.17. The Labute approximate surface area is 83.2 Å². The Balaban J connectivity index is 2.66. The Hall–Kier alpha value is -1.42. The summed E-state index contributed by atoms with van der Waals surface area (Å²) in [6, 6.07) is 5.17. The maximum Gasteiger partial charge on any atom is 0.272 e. The first-order valence-corrected chi connectivity index (χ1v) is 4.46. The molecule has 1 aromatic rings. The summed E-state index contributed by atoms with van der Waals surface area (Å²) in [5.41, 5.74) is 0.399. The van der Waals surface area contributed by atoms with Gasteiger partial charge in [0, 0.05) is 19.8 Å². The largest absolute Gasteiger partial charge is 0.392 e. The highest BCUT2D eigenvalue weighted by Crippen LogP contribution is 1.99. The first-order chi connectivity index (χ1) is 6.61. The minimum absolute atomic E-state index is 0.175. The lowest BCUT2D eigenvalue weighted by molar-refractivity contribution is 0.0698. The third-order valence-electron chi connectivity index (χ3n) is 1.77. The quantitative estimate of drug-likeness (QED) is 0.763. The zero-order chi connectivity index (χ0) is 10.6. The molecule has 0 saturated heterocycles. The van der Waals surface area contributed by atoms with E-state index in [1.165, 1.54) is 4.90 Å². The van der Waals surface area contributed by atoms with E-state index in [1.807, 2.05) is 0 Å². The second-order valence-corrected chi connectivity index (χ2v) is 3.25. The summed E-state index contributed by atoms with van der Waals surface area (Å²) >= 11 is 0. The number of pyridine rings is 1. The maximum absolute atomic E-state index is 11.6. The second kappa shape index (κ2) is 4.72. The van der Waals surface area contributed by atoms with Crippen LogP contribution in [-0.2, 0) is 0 Å². The molecule has 0 fully saturated rings. The van der Waals surface area contributed by atoms with Crippen molar-refractivity contribution in [2.75, 3.05) is 13.6 Å². The number of aromatic nitrogens is 1. The molecule has 1 aromatic heterocycles. The van der Waals surface area contributed by atoms with Crippen LogP contribution in [0.2, 0.25) is 0 Å². The fourth-order valence-electron chi connectivity index (χ4n) is 1.16. The number of carbonyl (C=O) groups is 1. The lowest BCUT2D eigenvalue weighted by Gasteiger charge is -2.17. The summed E-state index contributed by atoms with van der Waals surface area (Å²) < 4.78 is 0. The topological polar surface area (TPSA) is 53.4 Å². The SMILES string of the molecule is CC(O)CN(C)C(=O)c1ccccn1. The van der Waals surface area contributed by atoms with Gasteiger partial charge in [0.1, 0.15) is 5.69 Å². The molecule has 0 saturated carbocycles. The van der Waals surface area contributed by atoms with Gasteiger partial charge in [0.2, 0.25) is 0 Å². The normalized spacial score (nSPS) is 12.2. The number of likely N-dealkylation sites (N-methyl/N-ethyl adjacent to an activating group) is 1.